The van der Waals surface area contributed by atoms with Crippen molar-refractivity contribution >= 4 is 0 Å². The van der Waals surface area contributed by atoms with Crippen LogP contribution in [0, 0.1) is 10.8 Å². The molecule has 2 aliphatic carbocycles. The summed E-state index contributed by atoms with van der Waals surface area (Å²) in [5.74, 6) is 0. The molecule has 0 aromatic rings. The molecule has 2 nitrogen and oxygen atoms in total. The third-order valence-electron chi connectivity index (χ3n) is 5.81. The molecule has 0 atom stereocenters. The van der Waals surface area contributed by atoms with Gasteiger partial charge in [-0.1, -0.05) is 33.6 Å². The van der Waals surface area contributed by atoms with E-state index in [1.165, 1.54) is 51.4 Å². The van der Waals surface area contributed by atoms with E-state index < -0.39 is 0 Å². The number of hydrogen-bond acceptors (Lipinski definition) is 2. The molecule has 112 valence electrons. The topological polar surface area (TPSA) is 29.3 Å². The predicted octanol–water partition coefficient (Wildman–Crippen LogP) is 3.80. The highest BCUT2D eigenvalue weighted by atomic mass is 15.2. The first-order valence-electron chi connectivity index (χ1n) is 8.22. The van der Waals surface area contributed by atoms with Gasteiger partial charge in [-0.2, -0.15) is 0 Å². The SMILES string of the molecule is CN(CC(C)(C)C)C1(CN)CCC2(CCCC2)CC1. The second-order valence-corrected chi connectivity index (χ2v) is 8.55. The first-order valence-corrected chi connectivity index (χ1v) is 8.22. The fraction of sp³-hybridized carbons (Fsp3) is 1.00. The summed E-state index contributed by atoms with van der Waals surface area (Å²) in [5.41, 5.74) is 7.55. The number of likely N-dealkylation sites (N-methyl/N-ethyl adjacent to an activating group) is 1. The third-order valence-corrected chi connectivity index (χ3v) is 5.81. The average Bonchev–Trinajstić information content (AvgIpc) is 2.77. The molecule has 0 amide bonds. The van der Waals surface area contributed by atoms with Crippen LogP contribution < -0.4 is 5.73 Å². The number of hydrogen-bond donors (Lipinski definition) is 1. The Balaban J connectivity index is 2.00. The van der Waals surface area contributed by atoms with Crippen molar-refractivity contribution in [3.63, 3.8) is 0 Å². The van der Waals surface area contributed by atoms with Crippen molar-refractivity contribution in [1.82, 2.24) is 4.90 Å². The molecule has 19 heavy (non-hydrogen) atoms. The van der Waals surface area contributed by atoms with Gasteiger partial charge in [0.15, 0.2) is 0 Å². The minimum atomic E-state index is 0.279. The summed E-state index contributed by atoms with van der Waals surface area (Å²) in [6.07, 6.45) is 11.4. The molecule has 2 N–H and O–H groups in total. The molecule has 0 saturated heterocycles. The van der Waals surface area contributed by atoms with Crippen LogP contribution in [-0.4, -0.2) is 30.6 Å². The van der Waals surface area contributed by atoms with Crippen LogP contribution in [0.25, 0.3) is 0 Å². The molecule has 0 unspecified atom stereocenters. The standard InChI is InChI=1S/C17H34N2/c1-15(2,3)14-19(4)17(13-18)11-9-16(10-12-17)7-5-6-8-16/h5-14,18H2,1-4H3. The van der Waals surface area contributed by atoms with E-state index in [9.17, 15) is 0 Å². The van der Waals surface area contributed by atoms with Gasteiger partial charge in [-0.3, -0.25) is 4.90 Å². The molecule has 0 bridgehead atoms. The average molecular weight is 266 g/mol. The van der Waals surface area contributed by atoms with Gasteiger partial charge in [0.1, 0.15) is 0 Å². The molecule has 0 aromatic carbocycles. The van der Waals surface area contributed by atoms with Crippen molar-refractivity contribution in [1.29, 1.82) is 0 Å². The highest BCUT2D eigenvalue weighted by molar-refractivity contribution is 5.01. The monoisotopic (exact) mass is 266 g/mol. The van der Waals surface area contributed by atoms with Crippen LogP contribution in [0.5, 0.6) is 0 Å². The molecule has 2 rings (SSSR count). The highest BCUT2D eigenvalue weighted by Gasteiger charge is 2.45. The first kappa shape index (κ1) is 15.3. The molecular weight excluding hydrogens is 232 g/mol. The molecular formula is C17H34N2. The van der Waals surface area contributed by atoms with Crippen LogP contribution in [0.2, 0.25) is 0 Å². The largest absolute Gasteiger partial charge is 0.329 e. The summed E-state index contributed by atoms with van der Waals surface area (Å²) >= 11 is 0. The van der Waals surface area contributed by atoms with E-state index in [1.54, 1.807) is 0 Å². The van der Waals surface area contributed by atoms with Gasteiger partial charge in [0.05, 0.1) is 0 Å². The van der Waals surface area contributed by atoms with Gasteiger partial charge >= 0.3 is 0 Å². The molecule has 0 aromatic heterocycles. The predicted molar refractivity (Wildman–Crippen MR) is 83.2 cm³/mol. The van der Waals surface area contributed by atoms with E-state index in [0.717, 1.165) is 13.1 Å². The Labute approximate surface area is 120 Å². The maximum atomic E-state index is 6.20. The van der Waals surface area contributed by atoms with Gasteiger partial charge in [-0.25, -0.2) is 0 Å². The molecule has 1 spiro atoms. The zero-order valence-electron chi connectivity index (χ0n) is 13.6. The normalized spacial score (nSPS) is 26.2. The Morgan fingerprint density at radius 2 is 1.47 bits per heavy atom. The molecule has 0 radical (unpaired) electrons. The van der Waals surface area contributed by atoms with Gasteiger partial charge < -0.3 is 5.73 Å². The van der Waals surface area contributed by atoms with Crippen LogP contribution in [0.1, 0.15) is 72.1 Å². The lowest BCUT2D eigenvalue weighted by molar-refractivity contribution is 0.0132. The van der Waals surface area contributed by atoms with E-state index >= 15 is 0 Å². The minimum Gasteiger partial charge on any atom is -0.329 e. The highest BCUT2D eigenvalue weighted by Crippen LogP contribution is 2.52. The molecule has 2 fully saturated rings. The second-order valence-electron chi connectivity index (χ2n) is 8.55. The molecule has 2 aliphatic rings. The second kappa shape index (κ2) is 5.37. The summed E-state index contributed by atoms with van der Waals surface area (Å²) in [4.78, 5) is 2.58. The first-order chi connectivity index (χ1) is 8.81. The Hall–Kier alpha value is -0.0800. The van der Waals surface area contributed by atoms with E-state index in [4.69, 9.17) is 5.73 Å². The number of nitrogens with two attached hydrogens (primary N) is 1. The zero-order chi connectivity index (χ0) is 14.1. The Morgan fingerprint density at radius 3 is 1.89 bits per heavy atom. The molecule has 2 heteroatoms. The quantitative estimate of drug-likeness (QED) is 0.842. The van der Waals surface area contributed by atoms with Crippen LogP contribution in [0.4, 0.5) is 0 Å². The maximum absolute atomic E-state index is 6.20. The Kier molecular flexibility index (Phi) is 4.32. The van der Waals surface area contributed by atoms with Gasteiger partial charge in [0, 0.05) is 18.6 Å². The van der Waals surface area contributed by atoms with Crippen molar-refractivity contribution in [3.8, 4) is 0 Å². The van der Waals surface area contributed by atoms with Crippen molar-refractivity contribution in [2.24, 2.45) is 16.6 Å². The zero-order valence-corrected chi connectivity index (χ0v) is 13.6. The smallest absolute Gasteiger partial charge is 0.0329 e. The lowest BCUT2D eigenvalue weighted by atomic mass is 9.65. The third kappa shape index (κ3) is 3.33. The van der Waals surface area contributed by atoms with E-state index in [-0.39, 0.29) is 5.54 Å². The minimum absolute atomic E-state index is 0.279. The van der Waals surface area contributed by atoms with Crippen molar-refractivity contribution in [3.05, 3.63) is 0 Å². The molecule has 0 heterocycles. The summed E-state index contributed by atoms with van der Waals surface area (Å²) in [6.45, 7) is 8.96. The van der Waals surface area contributed by atoms with Gasteiger partial charge in [-0.15, -0.1) is 0 Å². The summed E-state index contributed by atoms with van der Waals surface area (Å²) < 4.78 is 0. The van der Waals surface area contributed by atoms with E-state index in [0.29, 0.717) is 10.8 Å². The van der Waals surface area contributed by atoms with Crippen molar-refractivity contribution in [2.75, 3.05) is 20.1 Å². The van der Waals surface area contributed by atoms with E-state index in [1.807, 2.05) is 0 Å². The van der Waals surface area contributed by atoms with Crippen molar-refractivity contribution < 1.29 is 0 Å². The van der Waals surface area contributed by atoms with Gasteiger partial charge in [0.25, 0.3) is 0 Å². The molecule has 0 aliphatic heterocycles. The fourth-order valence-corrected chi connectivity index (χ4v) is 4.49. The summed E-state index contributed by atoms with van der Waals surface area (Å²) in [7, 11) is 2.30. The summed E-state index contributed by atoms with van der Waals surface area (Å²) in [5, 5.41) is 0. The van der Waals surface area contributed by atoms with Crippen LogP contribution in [0.15, 0.2) is 0 Å². The van der Waals surface area contributed by atoms with Crippen molar-refractivity contribution in [2.45, 2.75) is 77.7 Å². The molecule has 2 saturated carbocycles. The van der Waals surface area contributed by atoms with Crippen LogP contribution in [0.3, 0.4) is 0 Å². The number of rotatable bonds is 3. The van der Waals surface area contributed by atoms with Gasteiger partial charge in [0.2, 0.25) is 0 Å². The van der Waals surface area contributed by atoms with Crippen LogP contribution >= 0.6 is 0 Å². The van der Waals surface area contributed by atoms with Gasteiger partial charge in [-0.05, 0) is 56.4 Å². The maximum Gasteiger partial charge on any atom is 0.0329 e. The lowest BCUT2D eigenvalue weighted by Gasteiger charge is -2.50. The number of nitrogens with zero attached hydrogens (tertiary/aromatic N) is 1. The summed E-state index contributed by atoms with van der Waals surface area (Å²) in [6, 6.07) is 0. The Morgan fingerprint density at radius 1 is 0.947 bits per heavy atom. The van der Waals surface area contributed by atoms with E-state index in [2.05, 4.69) is 32.7 Å². The fourth-order valence-electron chi connectivity index (χ4n) is 4.49. The Bertz CT molecular complexity index is 287. The lowest BCUT2D eigenvalue weighted by Crippen LogP contribution is -2.57. The van der Waals surface area contributed by atoms with Crippen LogP contribution in [-0.2, 0) is 0 Å².